The molecular formula is C16H23N3S. The van der Waals surface area contributed by atoms with Crippen LogP contribution in [0.3, 0.4) is 0 Å². The molecule has 1 heterocycles. The normalized spacial score (nSPS) is 25.4. The van der Waals surface area contributed by atoms with Crippen LogP contribution in [0.1, 0.15) is 33.6 Å². The molecule has 3 nitrogen and oxygen atoms in total. The second-order valence-electron chi connectivity index (χ2n) is 6.28. The van der Waals surface area contributed by atoms with E-state index in [-0.39, 0.29) is 0 Å². The lowest BCUT2D eigenvalue weighted by molar-refractivity contribution is 0.290. The van der Waals surface area contributed by atoms with E-state index in [4.69, 9.17) is 4.98 Å². The molecule has 0 spiro atoms. The standard InChI is InChI=1S/C16H23N3S/c1-4-17-14-13(9-10-16(14,2)3)20-15-18-11-7-5-6-8-12(11)19-15/h5-8,13-14,17H,4,9-10H2,1-3H3,(H,18,19). The summed E-state index contributed by atoms with van der Waals surface area (Å²) in [5, 5.41) is 5.33. The minimum absolute atomic E-state index is 0.375. The van der Waals surface area contributed by atoms with E-state index in [1.165, 1.54) is 12.8 Å². The molecule has 2 atom stereocenters. The van der Waals surface area contributed by atoms with E-state index in [9.17, 15) is 0 Å². The highest BCUT2D eigenvalue weighted by Gasteiger charge is 2.42. The largest absolute Gasteiger partial charge is 0.333 e. The monoisotopic (exact) mass is 289 g/mol. The molecule has 0 saturated heterocycles. The number of hydrogen-bond acceptors (Lipinski definition) is 3. The molecule has 1 saturated carbocycles. The number of benzene rings is 1. The Hall–Kier alpha value is -1.00. The van der Waals surface area contributed by atoms with E-state index in [0.717, 1.165) is 22.7 Å². The van der Waals surface area contributed by atoms with Gasteiger partial charge >= 0.3 is 0 Å². The molecule has 1 fully saturated rings. The van der Waals surface area contributed by atoms with Crippen molar-refractivity contribution in [1.82, 2.24) is 15.3 Å². The number of thioether (sulfide) groups is 1. The van der Waals surface area contributed by atoms with Crippen molar-refractivity contribution in [3.05, 3.63) is 24.3 Å². The molecule has 2 unspecified atom stereocenters. The van der Waals surface area contributed by atoms with Crippen LogP contribution in [0.25, 0.3) is 11.0 Å². The topological polar surface area (TPSA) is 40.7 Å². The van der Waals surface area contributed by atoms with Crippen LogP contribution in [-0.2, 0) is 0 Å². The Morgan fingerprint density at radius 1 is 1.40 bits per heavy atom. The second-order valence-corrected chi connectivity index (χ2v) is 7.51. The van der Waals surface area contributed by atoms with Gasteiger partial charge in [-0.1, -0.05) is 44.7 Å². The van der Waals surface area contributed by atoms with Crippen LogP contribution in [0.15, 0.2) is 29.4 Å². The van der Waals surface area contributed by atoms with Gasteiger partial charge in [0.15, 0.2) is 5.16 Å². The first-order valence-electron chi connectivity index (χ1n) is 7.45. The maximum atomic E-state index is 4.70. The minimum Gasteiger partial charge on any atom is -0.333 e. The Morgan fingerprint density at radius 2 is 2.20 bits per heavy atom. The summed E-state index contributed by atoms with van der Waals surface area (Å²) in [6, 6.07) is 8.81. The summed E-state index contributed by atoms with van der Waals surface area (Å²) in [5.74, 6) is 0. The van der Waals surface area contributed by atoms with Crippen molar-refractivity contribution in [2.45, 2.75) is 50.1 Å². The van der Waals surface area contributed by atoms with E-state index in [1.54, 1.807) is 0 Å². The first-order chi connectivity index (χ1) is 9.60. The van der Waals surface area contributed by atoms with Crippen LogP contribution in [0.5, 0.6) is 0 Å². The number of nitrogens with one attached hydrogen (secondary N) is 2. The summed E-state index contributed by atoms with van der Waals surface area (Å²) in [5.41, 5.74) is 2.57. The zero-order chi connectivity index (χ0) is 14.2. The van der Waals surface area contributed by atoms with Gasteiger partial charge < -0.3 is 10.3 Å². The molecule has 20 heavy (non-hydrogen) atoms. The number of aromatic amines is 1. The van der Waals surface area contributed by atoms with Gasteiger partial charge in [0.25, 0.3) is 0 Å². The molecule has 0 amide bonds. The average Bonchev–Trinajstić information content (AvgIpc) is 2.94. The SMILES string of the molecule is CCNC1C(Sc2nc3ccccc3[nH]2)CCC1(C)C. The minimum atomic E-state index is 0.375. The van der Waals surface area contributed by atoms with E-state index >= 15 is 0 Å². The predicted molar refractivity (Wildman–Crippen MR) is 86.2 cm³/mol. The van der Waals surface area contributed by atoms with Gasteiger partial charge in [-0.25, -0.2) is 4.98 Å². The van der Waals surface area contributed by atoms with E-state index in [1.807, 2.05) is 17.8 Å². The molecular weight excluding hydrogens is 266 g/mol. The number of para-hydroxylation sites is 2. The molecule has 1 aromatic heterocycles. The van der Waals surface area contributed by atoms with Crippen molar-refractivity contribution in [3.63, 3.8) is 0 Å². The third-order valence-corrected chi connectivity index (χ3v) is 5.57. The number of rotatable bonds is 4. The number of fused-ring (bicyclic) bond motifs is 1. The molecule has 0 aliphatic heterocycles. The summed E-state index contributed by atoms with van der Waals surface area (Å²) < 4.78 is 0. The summed E-state index contributed by atoms with van der Waals surface area (Å²) in [4.78, 5) is 8.13. The molecule has 1 aliphatic carbocycles. The van der Waals surface area contributed by atoms with Crippen LogP contribution in [0, 0.1) is 5.41 Å². The number of H-pyrrole nitrogens is 1. The quantitative estimate of drug-likeness (QED) is 0.899. The van der Waals surface area contributed by atoms with Gasteiger partial charge in [-0.3, -0.25) is 0 Å². The summed E-state index contributed by atoms with van der Waals surface area (Å²) >= 11 is 1.90. The Kier molecular flexibility index (Phi) is 3.78. The molecule has 108 valence electrons. The predicted octanol–water partition coefficient (Wildman–Crippen LogP) is 3.82. The zero-order valence-electron chi connectivity index (χ0n) is 12.4. The smallest absolute Gasteiger partial charge is 0.166 e. The van der Waals surface area contributed by atoms with Crippen molar-refractivity contribution in [3.8, 4) is 0 Å². The summed E-state index contributed by atoms with van der Waals surface area (Å²) in [6.45, 7) is 7.97. The highest BCUT2D eigenvalue weighted by molar-refractivity contribution is 7.99. The Morgan fingerprint density at radius 3 is 2.95 bits per heavy atom. The van der Waals surface area contributed by atoms with E-state index in [2.05, 4.69) is 49.3 Å². The Labute approximate surface area is 124 Å². The van der Waals surface area contributed by atoms with Gasteiger partial charge in [0.2, 0.25) is 0 Å². The lowest BCUT2D eigenvalue weighted by atomic mass is 9.87. The number of imidazole rings is 1. The highest BCUT2D eigenvalue weighted by atomic mass is 32.2. The fourth-order valence-electron chi connectivity index (χ4n) is 3.22. The maximum Gasteiger partial charge on any atom is 0.166 e. The van der Waals surface area contributed by atoms with Crippen LogP contribution >= 0.6 is 11.8 Å². The van der Waals surface area contributed by atoms with Gasteiger partial charge in [-0.15, -0.1) is 0 Å². The summed E-state index contributed by atoms with van der Waals surface area (Å²) in [6.07, 6.45) is 2.54. The highest BCUT2D eigenvalue weighted by Crippen LogP contribution is 2.44. The van der Waals surface area contributed by atoms with Crippen LogP contribution in [0.4, 0.5) is 0 Å². The van der Waals surface area contributed by atoms with E-state index in [0.29, 0.717) is 16.7 Å². The van der Waals surface area contributed by atoms with Crippen molar-refractivity contribution in [1.29, 1.82) is 0 Å². The van der Waals surface area contributed by atoms with Gasteiger partial charge in [0.1, 0.15) is 0 Å². The third kappa shape index (κ3) is 2.59. The lowest BCUT2D eigenvalue weighted by Gasteiger charge is -2.30. The molecule has 2 N–H and O–H groups in total. The van der Waals surface area contributed by atoms with Gasteiger partial charge in [0, 0.05) is 11.3 Å². The molecule has 0 bridgehead atoms. The fourth-order valence-corrected chi connectivity index (χ4v) is 4.67. The van der Waals surface area contributed by atoms with Crippen molar-refractivity contribution in [2.75, 3.05) is 6.54 Å². The summed E-state index contributed by atoms with van der Waals surface area (Å²) in [7, 11) is 0. The van der Waals surface area contributed by atoms with Gasteiger partial charge in [-0.05, 0) is 36.9 Å². The van der Waals surface area contributed by atoms with Crippen LogP contribution in [0.2, 0.25) is 0 Å². The average molecular weight is 289 g/mol. The number of nitrogens with zero attached hydrogens (tertiary/aromatic N) is 1. The first-order valence-corrected chi connectivity index (χ1v) is 8.33. The Bertz CT molecular complexity index is 557. The van der Waals surface area contributed by atoms with Gasteiger partial charge in [-0.2, -0.15) is 0 Å². The second kappa shape index (κ2) is 5.41. The lowest BCUT2D eigenvalue weighted by Crippen LogP contribution is -2.43. The number of hydrogen-bond donors (Lipinski definition) is 2. The van der Waals surface area contributed by atoms with E-state index < -0.39 is 0 Å². The zero-order valence-corrected chi connectivity index (χ0v) is 13.3. The maximum absolute atomic E-state index is 4.70. The first kappa shape index (κ1) is 14.0. The molecule has 0 radical (unpaired) electrons. The Balaban J connectivity index is 1.79. The van der Waals surface area contributed by atoms with Gasteiger partial charge in [0.05, 0.1) is 11.0 Å². The third-order valence-electron chi connectivity index (χ3n) is 4.34. The number of aromatic nitrogens is 2. The van der Waals surface area contributed by atoms with Crippen LogP contribution in [-0.4, -0.2) is 27.8 Å². The molecule has 2 aromatic rings. The molecule has 1 aliphatic rings. The molecule has 4 heteroatoms. The van der Waals surface area contributed by atoms with Crippen molar-refractivity contribution >= 4 is 22.8 Å². The van der Waals surface area contributed by atoms with Crippen LogP contribution < -0.4 is 5.32 Å². The van der Waals surface area contributed by atoms with Crippen molar-refractivity contribution < 1.29 is 0 Å². The molecule has 3 rings (SSSR count). The molecule has 1 aromatic carbocycles. The fraction of sp³-hybridized carbons (Fsp3) is 0.562. The van der Waals surface area contributed by atoms with Crippen molar-refractivity contribution in [2.24, 2.45) is 5.41 Å².